The van der Waals surface area contributed by atoms with E-state index in [0.717, 1.165) is 6.42 Å². The van der Waals surface area contributed by atoms with Gasteiger partial charge in [-0.05, 0) is 37.0 Å². The summed E-state index contributed by atoms with van der Waals surface area (Å²) < 4.78 is 0. The maximum Gasteiger partial charge on any atom is 0.243 e. The molecule has 0 aromatic carbocycles. The van der Waals surface area contributed by atoms with Crippen LogP contribution < -0.4 is 38.1 Å². The first-order valence-corrected chi connectivity index (χ1v) is 16.4. The van der Waals surface area contributed by atoms with Crippen LogP contribution in [0.15, 0.2) is 0 Å². The number of carbonyl (C=O) groups excluding carboxylic acids is 7. The Labute approximate surface area is 274 Å². The molecule has 0 unspecified atom stereocenters. The van der Waals surface area contributed by atoms with Gasteiger partial charge in [0.05, 0.1) is 6.42 Å². The van der Waals surface area contributed by atoms with E-state index in [0.29, 0.717) is 19.3 Å². The van der Waals surface area contributed by atoms with Crippen molar-refractivity contribution >= 4 is 41.4 Å². The lowest BCUT2D eigenvalue weighted by Crippen LogP contribution is -2.60. The van der Waals surface area contributed by atoms with Gasteiger partial charge >= 0.3 is 0 Å². The molecule has 264 valence electrons. The van der Waals surface area contributed by atoms with Gasteiger partial charge in [-0.15, -0.1) is 0 Å². The minimum atomic E-state index is -1.46. The number of primary amides is 2. The molecule has 0 aliphatic heterocycles. The Morgan fingerprint density at radius 2 is 1.00 bits per heavy atom. The topological polar surface area (TPSA) is 232 Å². The summed E-state index contributed by atoms with van der Waals surface area (Å²) >= 11 is 0. The zero-order valence-electron chi connectivity index (χ0n) is 29.2. The molecule has 0 saturated heterocycles. The van der Waals surface area contributed by atoms with E-state index in [1.54, 1.807) is 20.8 Å². The van der Waals surface area contributed by atoms with Gasteiger partial charge in [0, 0.05) is 5.92 Å². The zero-order chi connectivity index (χ0) is 35.7. The second kappa shape index (κ2) is 21.2. The van der Waals surface area contributed by atoms with Crippen LogP contribution >= 0.6 is 0 Å². The fourth-order valence-corrected chi connectivity index (χ4v) is 4.59. The molecule has 14 heteroatoms. The number of hydrogen-bond donors (Lipinski definition) is 7. The molecule has 0 aromatic rings. The van der Waals surface area contributed by atoms with Crippen molar-refractivity contribution < 1.29 is 33.6 Å². The molecule has 46 heavy (non-hydrogen) atoms. The quantitative estimate of drug-likeness (QED) is 0.0885. The molecule has 0 heterocycles. The van der Waals surface area contributed by atoms with E-state index >= 15 is 0 Å². The summed E-state index contributed by atoms with van der Waals surface area (Å²) in [6.07, 6.45) is 2.15. The molecule has 0 rings (SSSR count). The minimum absolute atomic E-state index is 0.0554. The first-order chi connectivity index (χ1) is 21.4. The molecule has 0 bridgehead atoms. The van der Waals surface area contributed by atoms with Crippen molar-refractivity contribution in [2.75, 3.05) is 0 Å². The van der Waals surface area contributed by atoms with Crippen LogP contribution in [0.1, 0.15) is 107 Å². The second-order valence-electron chi connectivity index (χ2n) is 13.1. The van der Waals surface area contributed by atoms with Gasteiger partial charge in [-0.2, -0.15) is 0 Å². The van der Waals surface area contributed by atoms with E-state index in [9.17, 15) is 33.6 Å². The molecule has 0 spiro atoms. The summed E-state index contributed by atoms with van der Waals surface area (Å²) in [5, 5.41) is 13.2. The fourth-order valence-electron chi connectivity index (χ4n) is 4.59. The molecule has 7 amide bonds. The summed E-state index contributed by atoms with van der Waals surface area (Å²) in [4.78, 5) is 89.8. The van der Waals surface area contributed by atoms with Crippen LogP contribution in [0.4, 0.5) is 0 Å². The van der Waals surface area contributed by atoms with Crippen LogP contribution in [0.3, 0.4) is 0 Å². The summed E-state index contributed by atoms with van der Waals surface area (Å²) in [7, 11) is 0. The van der Waals surface area contributed by atoms with Gasteiger partial charge in [-0.3, -0.25) is 33.6 Å². The number of nitrogens with one attached hydrogen (secondary N) is 5. The Bertz CT molecular complexity index is 1050. The average Bonchev–Trinajstić information content (AvgIpc) is 2.95. The largest absolute Gasteiger partial charge is 0.370 e. The van der Waals surface area contributed by atoms with Gasteiger partial charge in [0.25, 0.3) is 0 Å². The number of carbonyl (C=O) groups is 7. The number of nitrogens with two attached hydrogens (primary N) is 2. The van der Waals surface area contributed by atoms with Gasteiger partial charge in [-0.25, -0.2) is 0 Å². The summed E-state index contributed by atoms with van der Waals surface area (Å²) in [6, 6.07) is -5.48. The predicted molar refractivity (Wildman–Crippen MR) is 175 cm³/mol. The number of unbranched alkanes of at least 4 members (excludes halogenated alkanes) is 1. The summed E-state index contributed by atoms with van der Waals surface area (Å²) in [5.74, 6) is -5.26. The van der Waals surface area contributed by atoms with Crippen molar-refractivity contribution in [2.45, 2.75) is 137 Å². The number of rotatable bonds is 22. The summed E-state index contributed by atoms with van der Waals surface area (Å²) in [5.41, 5.74) is 10.8. The van der Waals surface area contributed by atoms with Crippen molar-refractivity contribution in [3.63, 3.8) is 0 Å². The van der Waals surface area contributed by atoms with Crippen LogP contribution in [0.2, 0.25) is 0 Å². The lowest BCUT2D eigenvalue weighted by Gasteiger charge is -2.28. The molecule has 14 nitrogen and oxygen atoms in total. The van der Waals surface area contributed by atoms with Crippen LogP contribution in [-0.2, 0) is 33.6 Å². The van der Waals surface area contributed by atoms with E-state index in [2.05, 4.69) is 26.6 Å². The fraction of sp³-hybridized carbons (Fsp3) is 0.781. The first-order valence-electron chi connectivity index (χ1n) is 16.4. The maximum atomic E-state index is 13.4. The third kappa shape index (κ3) is 15.5. The van der Waals surface area contributed by atoms with E-state index < -0.39 is 72.1 Å². The Morgan fingerprint density at radius 3 is 1.43 bits per heavy atom. The van der Waals surface area contributed by atoms with Gasteiger partial charge < -0.3 is 38.1 Å². The molecule has 9 N–H and O–H groups in total. The van der Waals surface area contributed by atoms with E-state index in [4.69, 9.17) is 11.5 Å². The van der Waals surface area contributed by atoms with Gasteiger partial charge in [0.15, 0.2) is 0 Å². The Morgan fingerprint density at radius 1 is 0.543 bits per heavy atom. The van der Waals surface area contributed by atoms with Crippen LogP contribution in [0, 0.1) is 23.7 Å². The monoisotopic (exact) mass is 653 g/mol. The highest BCUT2D eigenvalue weighted by Gasteiger charge is 2.33. The van der Waals surface area contributed by atoms with E-state index in [-0.39, 0.29) is 42.4 Å². The second-order valence-corrected chi connectivity index (χ2v) is 13.1. The van der Waals surface area contributed by atoms with Crippen molar-refractivity contribution in [3.05, 3.63) is 0 Å². The molecule has 0 aliphatic carbocycles. The Balaban J connectivity index is 6.00. The van der Waals surface area contributed by atoms with Crippen molar-refractivity contribution in [1.29, 1.82) is 0 Å². The SMILES string of the molecule is CCCC[C@@H](NC(=O)[C@@H](C)C(C)C)C(=O)N[C@H](CCC)C(=O)N[C@@H](CC(N)=O)C(=O)N[C@@H](CC(C)C)C(=O)N[C@H](C(N)=O)C(C)C. The van der Waals surface area contributed by atoms with E-state index in [1.165, 1.54) is 0 Å². The average molecular weight is 654 g/mol. The van der Waals surface area contributed by atoms with Gasteiger partial charge in [0.1, 0.15) is 30.2 Å². The highest BCUT2D eigenvalue weighted by molar-refractivity contribution is 5.97. The number of hydrogen-bond acceptors (Lipinski definition) is 7. The normalized spacial score (nSPS) is 15.2. The molecule has 0 radical (unpaired) electrons. The molecule has 6 atom stereocenters. The van der Waals surface area contributed by atoms with Gasteiger partial charge in [-0.1, -0.05) is 81.6 Å². The third-order valence-corrected chi connectivity index (χ3v) is 7.75. The van der Waals surface area contributed by atoms with Crippen LogP contribution in [-0.4, -0.2) is 71.6 Å². The van der Waals surface area contributed by atoms with Crippen molar-refractivity contribution in [1.82, 2.24) is 26.6 Å². The third-order valence-electron chi connectivity index (χ3n) is 7.75. The number of amides is 7. The highest BCUT2D eigenvalue weighted by Crippen LogP contribution is 2.12. The Hall–Kier alpha value is -3.71. The lowest BCUT2D eigenvalue weighted by atomic mass is 9.96. The molecular formula is C32H59N7O7. The van der Waals surface area contributed by atoms with E-state index in [1.807, 2.05) is 41.5 Å². The Kier molecular flexibility index (Phi) is 19.4. The van der Waals surface area contributed by atoms with Crippen molar-refractivity contribution in [3.8, 4) is 0 Å². The summed E-state index contributed by atoms with van der Waals surface area (Å²) in [6.45, 7) is 16.5. The maximum absolute atomic E-state index is 13.4. The van der Waals surface area contributed by atoms with Crippen LogP contribution in [0.25, 0.3) is 0 Å². The first kappa shape index (κ1) is 42.3. The van der Waals surface area contributed by atoms with Crippen molar-refractivity contribution in [2.24, 2.45) is 35.1 Å². The van der Waals surface area contributed by atoms with Crippen LogP contribution in [0.5, 0.6) is 0 Å². The minimum Gasteiger partial charge on any atom is -0.370 e. The lowest BCUT2D eigenvalue weighted by molar-refractivity contribution is -0.136. The standard InChI is InChI=1S/C32H59N7O7/c1-10-12-14-22(35-28(42)20(9)18(5)6)30(44)36-21(13-11-2)29(43)38-24(16-25(33)40)31(45)37-23(15-17(3)4)32(46)39-26(19(7)8)27(34)41/h17-24,26H,10-16H2,1-9H3,(H2,33,40)(H2,34,41)(H,35,42)(H,36,44)(H,37,45)(H,38,43)(H,39,46)/t20-,21+,22+,23-,24-,26-/m0/s1. The molecular weight excluding hydrogens is 594 g/mol. The highest BCUT2D eigenvalue weighted by atomic mass is 16.2. The molecule has 0 aromatic heterocycles. The van der Waals surface area contributed by atoms with Gasteiger partial charge in [0.2, 0.25) is 41.4 Å². The molecule has 0 saturated carbocycles. The molecule has 0 aliphatic rings. The zero-order valence-corrected chi connectivity index (χ0v) is 29.2. The predicted octanol–water partition coefficient (Wildman–Crippen LogP) is 0.756. The molecule has 0 fully saturated rings. The smallest absolute Gasteiger partial charge is 0.243 e.